The Bertz CT molecular complexity index is 242. The Kier molecular flexibility index (Phi) is 3.92. The van der Waals surface area contributed by atoms with Crippen molar-refractivity contribution in [1.29, 1.82) is 0 Å². The number of aromatic nitrogens is 2. The number of hydrogen-bond donors (Lipinski definition) is 1. The Balaban J connectivity index is 2.49. The number of nitrogens with zero attached hydrogens (tertiary/aromatic N) is 3. The van der Waals surface area contributed by atoms with Crippen LogP contribution in [-0.2, 0) is 13.1 Å². The van der Waals surface area contributed by atoms with E-state index in [0.717, 1.165) is 25.3 Å². The van der Waals surface area contributed by atoms with E-state index in [9.17, 15) is 0 Å². The highest BCUT2D eigenvalue weighted by molar-refractivity contribution is 4.91. The second-order valence-electron chi connectivity index (χ2n) is 3.27. The first-order valence-corrected chi connectivity index (χ1v) is 4.65. The first-order chi connectivity index (χ1) is 6.24. The normalized spacial score (nSPS) is 11.1. The van der Waals surface area contributed by atoms with Gasteiger partial charge in [0.1, 0.15) is 5.82 Å². The van der Waals surface area contributed by atoms with Crippen molar-refractivity contribution < 1.29 is 0 Å². The van der Waals surface area contributed by atoms with Crippen LogP contribution < -0.4 is 5.43 Å². The van der Waals surface area contributed by atoms with Gasteiger partial charge in [0.2, 0.25) is 0 Å². The predicted molar refractivity (Wildman–Crippen MR) is 53.0 cm³/mol. The SMILES string of the molecule is CCCn1ccnc1CNN(C)C. The van der Waals surface area contributed by atoms with Gasteiger partial charge in [0.25, 0.3) is 0 Å². The summed E-state index contributed by atoms with van der Waals surface area (Å²) in [6, 6.07) is 0. The Labute approximate surface area is 79.5 Å². The predicted octanol–water partition coefficient (Wildman–Crippen LogP) is 0.859. The molecular formula is C9H18N4. The topological polar surface area (TPSA) is 33.1 Å². The molecule has 0 fully saturated rings. The van der Waals surface area contributed by atoms with Crippen LogP contribution in [0.4, 0.5) is 0 Å². The maximum absolute atomic E-state index is 4.28. The smallest absolute Gasteiger partial charge is 0.124 e. The molecule has 4 nitrogen and oxygen atoms in total. The summed E-state index contributed by atoms with van der Waals surface area (Å²) in [5.41, 5.74) is 3.20. The lowest BCUT2D eigenvalue weighted by Crippen LogP contribution is -2.30. The first-order valence-electron chi connectivity index (χ1n) is 4.65. The van der Waals surface area contributed by atoms with Crippen LogP contribution >= 0.6 is 0 Å². The second-order valence-corrected chi connectivity index (χ2v) is 3.27. The van der Waals surface area contributed by atoms with Gasteiger partial charge in [-0.05, 0) is 6.42 Å². The molecule has 1 N–H and O–H groups in total. The minimum absolute atomic E-state index is 0.792. The van der Waals surface area contributed by atoms with E-state index < -0.39 is 0 Å². The molecule has 0 aromatic carbocycles. The van der Waals surface area contributed by atoms with Crippen molar-refractivity contribution in [3.05, 3.63) is 18.2 Å². The summed E-state index contributed by atoms with van der Waals surface area (Å²) in [6.45, 7) is 4.01. The third-order valence-corrected chi connectivity index (χ3v) is 1.82. The summed E-state index contributed by atoms with van der Waals surface area (Å²) in [7, 11) is 3.96. The lowest BCUT2D eigenvalue weighted by Gasteiger charge is -2.12. The zero-order chi connectivity index (χ0) is 9.68. The third kappa shape index (κ3) is 3.16. The Morgan fingerprint density at radius 1 is 1.54 bits per heavy atom. The van der Waals surface area contributed by atoms with Crippen LogP contribution in [0, 0.1) is 0 Å². The third-order valence-electron chi connectivity index (χ3n) is 1.82. The van der Waals surface area contributed by atoms with E-state index in [-0.39, 0.29) is 0 Å². The Morgan fingerprint density at radius 3 is 2.92 bits per heavy atom. The van der Waals surface area contributed by atoms with Gasteiger partial charge in [0.15, 0.2) is 0 Å². The van der Waals surface area contributed by atoms with Crippen molar-refractivity contribution in [1.82, 2.24) is 20.0 Å². The standard InChI is InChI=1S/C9H18N4/c1-4-6-13-7-5-10-9(13)8-11-12(2)3/h5,7,11H,4,6,8H2,1-3H3. The van der Waals surface area contributed by atoms with E-state index >= 15 is 0 Å². The minimum atomic E-state index is 0.792. The molecule has 0 unspecified atom stereocenters. The molecule has 0 atom stereocenters. The lowest BCUT2D eigenvalue weighted by molar-refractivity contribution is 0.279. The average Bonchev–Trinajstić information content (AvgIpc) is 2.49. The molecule has 0 radical (unpaired) electrons. The van der Waals surface area contributed by atoms with Crippen molar-refractivity contribution in [2.75, 3.05) is 14.1 Å². The number of nitrogens with one attached hydrogen (secondary N) is 1. The van der Waals surface area contributed by atoms with E-state index in [1.165, 1.54) is 0 Å². The largest absolute Gasteiger partial charge is 0.334 e. The highest BCUT2D eigenvalue weighted by Gasteiger charge is 2.00. The van der Waals surface area contributed by atoms with Crippen LogP contribution in [-0.4, -0.2) is 28.7 Å². The highest BCUT2D eigenvalue weighted by atomic mass is 15.5. The van der Waals surface area contributed by atoms with Crippen molar-refractivity contribution >= 4 is 0 Å². The molecule has 0 aliphatic rings. The van der Waals surface area contributed by atoms with Gasteiger partial charge < -0.3 is 4.57 Å². The van der Waals surface area contributed by atoms with Gasteiger partial charge in [0, 0.05) is 33.0 Å². The average molecular weight is 182 g/mol. The zero-order valence-electron chi connectivity index (χ0n) is 8.62. The molecule has 0 spiro atoms. The van der Waals surface area contributed by atoms with Gasteiger partial charge in [-0.2, -0.15) is 0 Å². The van der Waals surface area contributed by atoms with Crippen molar-refractivity contribution in [3.8, 4) is 0 Å². The molecule has 74 valence electrons. The molecule has 1 heterocycles. The number of aryl methyl sites for hydroxylation is 1. The molecule has 13 heavy (non-hydrogen) atoms. The van der Waals surface area contributed by atoms with Gasteiger partial charge >= 0.3 is 0 Å². The van der Waals surface area contributed by atoms with Crippen molar-refractivity contribution in [2.24, 2.45) is 0 Å². The van der Waals surface area contributed by atoms with Crippen LogP contribution in [0.15, 0.2) is 12.4 Å². The Hall–Kier alpha value is -0.870. The summed E-state index contributed by atoms with van der Waals surface area (Å²) in [5, 5.41) is 1.94. The number of imidazole rings is 1. The lowest BCUT2D eigenvalue weighted by atomic mass is 10.4. The van der Waals surface area contributed by atoms with E-state index in [1.807, 2.05) is 31.5 Å². The number of hydrogen-bond acceptors (Lipinski definition) is 3. The molecule has 0 bridgehead atoms. The molecule has 0 aliphatic heterocycles. The molecule has 0 amide bonds. The Morgan fingerprint density at radius 2 is 2.31 bits per heavy atom. The molecule has 4 heteroatoms. The van der Waals surface area contributed by atoms with Gasteiger partial charge in [-0.3, -0.25) is 5.01 Å². The van der Waals surface area contributed by atoms with Gasteiger partial charge in [0.05, 0.1) is 6.54 Å². The fourth-order valence-electron chi connectivity index (χ4n) is 1.18. The first kappa shape index (κ1) is 10.2. The second kappa shape index (κ2) is 4.99. The molecular weight excluding hydrogens is 164 g/mol. The monoisotopic (exact) mass is 182 g/mol. The quantitative estimate of drug-likeness (QED) is 0.686. The highest BCUT2D eigenvalue weighted by Crippen LogP contribution is 1.98. The minimum Gasteiger partial charge on any atom is -0.334 e. The molecule has 1 aromatic heterocycles. The van der Waals surface area contributed by atoms with Crippen LogP contribution in [0.25, 0.3) is 0 Å². The fraction of sp³-hybridized carbons (Fsp3) is 0.667. The number of hydrazine groups is 1. The summed E-state index contributed by atoms with van der Waals surface area (Å²) in [6.07, 6.45) is 5.02. The van der Waals surface area contributed by atoms with E-state index in [4.69, 9.17) is 0 Å². The van der Waals surface area contributed by atoms with Gasteiger partial charge in [-0.1, -0.05) is 6.92 Å². The molecule has 0 saturated carbocycles. The van der Waals surface area contributed by atoms with Gasteiger partial charge in [-0.15, -0.1) is 0 Å². The van der Waals surface area contributed by atoms with Crippen LogP contribution in [0.3, 0.4) is 0 Å². The van der Waals surface area contributed by atoms with Gasteiger partial charge in [-0.25, -0.2) is 10.4 Å². The zero-order valence-corrected chi connectivity index (χ0v) is 8.62. The summed E-state index contributed by atoms with van der Waals surface area (Å²) < 4.78 is 2.18. The maximum atomic E-state index is 4.28. The maximum Gasteiger partial charge on any atom is 0.124 e. The van der Waals surface area contributed by atoms with E-state index in [2.05, 4.69) is 21.9 Å². The van der Waals surface area contributed by atoms with Crippen LogP contribution in [0.1, 0.15) is 19.2 Å². The molecule has 0 saturated heterocycles. The van der Waals surface area contributed by atoms with Crippen LogP contribution in [0.2, 0.25) is 0 Å². The molecule has 1 rings (SSSR count). The fourth-order valence-corrected chi connectivity index (χ4v) is 1.18. The summed E-state index contributed by atoms with van der Waals surface area (Å²) >= 11 is 0. The summed E-state index contributed by atoms with van der Waals surface area (Å²) in [4.78, 5) is 4.28. The van der Waals surface area contributed by atoms with Crippen molar-refractivity contribution in [3.63, 3.8) is 0 Å². The van der Waals surface area contributed by atoms with Crippen molar-refractivity contribution in [2.45, 2.75) is 26.4 Å². The summed E-state index contributed by atoms with van der Waals surface area (Å²) in [5.74, 6) is 1.09. The number of rotatable bonds is 5. The molecule has 0 aliphatic carbocycles. The van der Waals surface area contributed by atoms with Crippen LogP contribution in [0.5, 0.6) is 0 Å². The van der Waals surface area contributed by atoms with E-state index in [1.54, 1.807) is 0 Å². The molecule has 1 aromatic rings. The van der Waals surface area contributed by atoms with E-state index in [0.29, 0.717) is 0 Å².